The molecule has 114 valence electrons. The van der Waals surface area contributed by atoms with Crippen LogP contribution in [0.4, 0.5) is 5.69 Å². The van der Waals surface area contributed by atoms with Crippen molar-refractivity contribution in [1.29, 1.82) is 0 Å². The molecule has 0 saturated heterocycles. The van der Waals surface area contributed by atoms with Gasteiger partial charge in [-0.3, -0.25) is 4.79 Å². The molecule has 0 aromatic heterocycles. The molecule has 2 rings (SSSR count). The van der Waals surface area contributed by atoms with E-state index in [2.05, 4.69) is 0 Å². The number of carbonyl (C=O) groups is 2. The van der Waals surface area contributed by atoms with Crippen LogP contribution in [-0.2, 0) is 11.2 Å². The number of hydrogen-bond donors (Lipinski definition) is 2. The zero-order chi connectivity index (χ0) is 15.4. The average molecular weight is 308 g/mol. The van der Waals surface area contributed by atoms with Gasteiger partial charge in [0.2, 0.25) is 5.91 Å². The van der Waals surface area contributed by atoms with Gasteiger partial charge in [0.25, 0.3) is 0 Å². The molecule has 6 heteroatoms. The number of carboxylic acid groups (broad SMARTS) is 1. The first-order valence-corrected chi connectivity index (χ1v) is 8.36. The summed E-state index contributed by atoms with van der Waals surface area (Å²) in [4.78, 5) is 25.2. The lowest BCUT2D eigenvalue weighted by Gasteiger charge is -2.31. The molecule has 1 aliphatic rings. The summed E-state index contributed by atoms with van der Waals surface area (Å²) in [6.45, 7) is 0.644. The summed E-state index contributed by atoms with van der Waals surface area (Å²) in [5.41, 5.74) is 7.94. The topological polar surface area (TPSA) is 83.6 Å². The molecule has 0 bridgehead atoms. The van der Waals surface area contributed by atoms with Gasteiger partial charge in [0.05, 0.1) is 11.6 Å². The highest BCUT2D eigenvalue weighted by Crippen LogP contribution is 2.28. The zero-order valence-electron chi connectivity index (χ0n) is 12.0. The summed E-state index contributed by atoms with van der Waals surface area (Å²) in [5.74, 6) is -0.169. The summed E-state index contributed by atoms with van der Waals surface area (Å²) in [6.07, 6.45) is 4.26. The predicted molar refractivity (Wildman–Crippen MR) is 85.0 cm³/mol. The second-order valence-electron chi connectivity index (χ2n) is 5.13. The van der Waals surface area contributed by atoms with E-state index < -0.39 is 12.0 Å². The fourth-order valence-corrected chi connectivity index (χ4v) is 3.02. The van der Waals surface area contributed by atoms with Gasteiger partial charge in [0.1, 0.15) is 0 Å². The van der Waals surface area contributed by atoms with Gasteiger partial charge >= 0.3 is 5.97 Å². The molecular formula is C15H20N2O3S. The van der Waals surface area contributed by atoms with Gasteiger partial charge in [0, 0.05) is 12.2 Å². The number of fused-ring (bicyclic) bond motifs is 1. The lowest BCUT2D eigenvalue weighted by molar-refractivity contribution is -0.119. The minimum Gasteiger partial charge on any atom is -0.478 e. The quantitative estimate of drug-likeness (QED) is 0.865. The van der Waals surface area contributed by atoms with Crippen LogP contribution >= 0.6 is 11.8 Å². The van der Waals surface area contributed by atoms with Crippen LogP contribution in [0.2, 0.25) is 0 Å². The van der Waals surface area contributed by atoms with E-state index in [9.17, 15) is 9.59 Å². The monoisotopic (exact) mass is 308 g/mol. The largest absolute Gasteiger partial charge is 0.478 e. The van der Waals surface area contributed by atoms with Crippen molar-refractivity contribution in [2.75, 3.05) is 23.5 Å². The van der Waals surface area contributed by atoms with Crippen LogP contribution in [0.3, 0.4) is 0 Å². The first-order valence-electron chi connectivity index (χ1n) is 6.96. The van der Waals surface area contributed by atoms with Crippen molar-refractivity contribution >= 4 is 29.3 Å². The smallest absolute Gasteiger partial charge is 0.335 e. The third-order valence-corrected chi connectivity index (χ3v) is 4.31. The van der Waals surface area contributed by atoms with Crippen molar-refractivity contribution in [1.82, 2.24) is 0 Å². The van der Waals surface area contributed by atoms with Crippen LogP contribution in [0.15, 0.2) is 18.2 Å². The molecule has 1 heterocycles. The highest BCUT2D eigenvalue weighted by atomic mass is 32.2. The van der Waals surface area contributed by atoms with Crippen molar-refractivity contribution in [3.8, 4) is 0 Å². The summed E-state index contributed by atoms with van der Waals surface area (Å²) in [6, 6.07) is 4.42. The maximum atomic E-state index is 12.5. The minimum absolute atomic E-state index is 0.0759. The van der Waals surface area contributed by atoms with E-state index in [4.69, 9.17) is 10.8 Å². The van der Waals surface area contributed by atoms with E-state index in [1.165, 1.54) is 0 Å². The number of benzene rings is 1. The number of aromatic carboxylic acids is 1. The summed E-state index contributed by atoms with van der Waals surface area (Å²) in [5, 5.41) is 9.04. The highest BCUT2D eigenvalue weighted by molar-refractivity contribution is 7.98. The minimum atomic E-state index is -0.946. The molecule has 1 atom stereocenters. The molecule has 1 aromatic carbocycles. The van der Waals surface area contributed by atoms with E-state index in [0.29, 0.717) is 13.0 Å². The van der Waals surface area contributed by atoms with Crippen molar-refractivity contribution in [2.45, 2.75) is 25.3 Å². The molecule has 1 aliphatic heterocycles. The number of hydrogen-bond acceptors (Lipinski definition) is 4. The van der Waals surface area contributed by atoms with Gasteiger partial charge in [-0.15, -0.1) is 0 Å². The molecule has 1 aromatic rings. The van der Waals surface area contributed by atoms with Crippen LogP contribution in [0.1, 0.15) is 28.8 Å². The van der Waals surface area contributed by atoms with Gasteiger partial charge in [-0.2, -0.15) is 11.8 Å². The second-order valence-corrected chi connectivity index (χ2v) is 6.12. The molecule has 3 N–H and O–H groups in total. The lowest BCUT2D eigenvalue weighted by Crippen LogP contribution is -2.46. The molecule has 0 spiro atoms. The Hall–Kier alpha value is -1.53. The Morgan fingerprint density at radius 2 is 2.24 bits per heavy atom. The number of rotatable bonds is 5. The zero-order valence-corrected chi connectivity index (χ0v) is 12.9. The van der Waals surface area contributed by atoms with Crippen molar-refractivity contribution in [3.05, 3.63) is 29.3 Å². The number of carboxylic acids is 1. The maximum absolute atomic E-state index is 12.5. The Bertz CT molecular complexity index is 548. The van der Waals surface area contributed by atoms with Crippen LogP contribution in [0.25, 0.3) is 0 Å². The first kappa shape index (κ1) is 15.9. The van der Waals surface area contributed by atoms with Crippen molar-refractivity contribution in [3.63, 3.8) is 0 Å². The molecule has 0 saturated carbocycles. The molecule has 21 heavy (non-hydrogen) atoms. The first-order chi connectivity index (χ1) is 10.0. The molecule has 5 nitrogen and oxygen atoms in total. The highest BCUT2D eigenvalue weighted by Gasteiger charge is 2.26. The maximum Gasteiger partial charge on any atom is 0.335 e. The van der Waals surface area contributed by atoms with Crippen molar-refractivity contribution in [2.24, 2.45) is 5.73 Å². The predicted octanol–water partition coefficient (Wildman–Crippen LogP) is 1.74. The standard InChI is InChI=1S/C15H20N2O3S/c1-21-8-6-12(16)14(18)17-7-2-3-10-9-11(15(19)20)4-5-13(10)17/h4-5,9,12H,2-3,6-8,16H2,1H3,(H,19,20)/t12-/m0/s1. The summed E-state index contributed by atoms with van der Waals surface area (Å²) in [7, 11) is 0. The van der Waals surface area contributed by atoms with E-state index in [0.717, 1.165) is 29.8 Å². The Labute approximate surface area is 128 Å². The molecule has 0 fully saturated rings. The molecule has 0 radical (unpaired) electrons. The number of amides is 1. The molecule has 0 unspecified atom stereocenters. The Kier molecular flexibility index (Phi) is 5.25. The Morgan fingerprint density at radius 1 is 1.48 bits per heavy atom. The fraction of sp³-hybridized carbons (Fsp3) is 0.467. The van der Waals surface area contributed by atoms with E-state index in [1.807, 2.05) is 6.26 Å². The number of carbonyl (C=O) groups excluding carboxylic acids is 1. The van der Waals surface area contributed by atoms with Crippen LogP contribution in [0.5, 0.6) is 0 Å². The number of thioether (sulfide) groups is 1. The molecular weight excluding hydrogens is 288 g/mol. The van der Waals surface area contributed by atoms with E-state index >= 15 is 0 Å². The number of anilines is 1. The van der Waals surface area contributed by atoms with Crippen LogP contribution < -0.4 is 10.6 Å². The van der Waals surface area contributed by atoms with Gasteiger partial charge in [-0.05, 0) is 55.0 Å². The molecule has 1 amide bonds. The number of nitrogens with two attached hydrogens (primary N) is 1. The Balaban J connectivity index is 2.21. The van der Waals surface area contributed by atoms with Gasteiger partial charge in [0.15, 0.2) is 0 Å². The summed E-state index contributed by atoms with van der Waals surface area (Å²) < 4.78 is 0. The fourth-order valence-electron chi connectivity index (χ4n) is 2.53. The number of nitrogens with zero attached hydrogens (tertiary/aromatic N) is 1. The average Bonchev–Trinajstić information content (AvgIpc) is 2.50. The van der Waals surface area contributed by atoms with E-state index in [1.54, 1.807) is 34.9 Å². The molecule has 0 aliphatic carbocycles. The lowest BCUT2D eigenvalue weighted by atomic mass is 9.98. The SMILES string of the molecule is CSCC[C@H](N)C(=O)N1CCCc2cc(C(=O)O)ccc21. The third-order valence-electron chi connectivity index (χ3n) is 3.66. The van der Waals surface area contributed by atoms with Crippen molar-refractivity contribution < 1.29 is 14.7 Å². The normalized spacial score (nSPS) is 15.4. The van der Waals surface area contributed by atoms with Gasteiger partial charge in [-0.25, -0.2) is 4.79 Å². The summed E-state index contributed by atoms with van der Waals surface area (Å²) >= 11 is 1.67. The second kappa shape index (κ2) is 6.95. The van der Waals surface area contributed by atoms with Crippen LogP contribution in [-0.4, -0.2) is 41.6 Å². The van der Waals surface area contributed by atoms with Crippen LogP contribution in [0, 0.1) is 0 Å². The van der Waals surface area contributed by atoms with Gasteiger partial charge < -0.3 is 15.7 Å². The van der Waals surface area contributed by atoms with E-state index in [-0.39, 0.29) is 11.5 Å². The third kappa shape index (κ3) is 3.57. The van der Waals surface area contributed by atoms with Gasteiger partial charge in [-0.1, -0.05) is 0 Å². The number of aryl methyl sites for hydroxylation is 1. The Morgan fingerprint density at radius 3 is 2.90 bits per heavy atom.